The molecule has 1 heterocycles. The zero-order chi connectivity index (χ0) is 11.4. The standard InChI is InChI=1S/C13H28N2/c1-6-14-13(10(2)3)9-15-7-11(4)12(5)8-15/h10-14H,6-9H2,1-5H3. The van der Waals surface area contributed by atoms with Gasteiger partial charge in [-0.2, -0.15) is 0 Å². The van der Waals surface area contributed by atoms with Crippen LogP contribution < -0.4 is 5.32 Å². The minimum Gasteiger partial charge on any atom is -0.313 e. The highest BCUT2D eigenvalue weighted by molar-refractivity contribution is 4.83. The predicted octanol–water partition coefficient (Wildman–Crippen LogP) is 2.21. The molecular formula is C13H28N2. The highest BCUT2D eigenvalue weighted by Gasteiger charge is 2.27. The summed E-state index contributed by atoms with van der Waals surface area (Å²) in [6.45, 7) is 16.5. The van der Waals surface area contributed by atoms with Crippen LogP contribution in [0.2, 0.25) is 0 Å². The summed E-state index contributed by atoms with van der Waals surface area (Å²) in [6.07, 6.45) is 0. The van der Waals surface area contributed by atoms with Crippen LogP contribution in [-0.2, 0) is 0 Å². The molecule has 3 unspecified atom stereocenters. The lowest BCUT2D eigenvalue weighted by molar-refractivity contribution is 0.249. The van der Waals surface area contributed by atoms with Crippen LogP contribution >= 0.6 is 0 Å². The number of hydrogen-bond donors (Lipinski definition) is 1. The van der Waals surface area contributed by atoms with E-state index in [1.165, 1.54) is 19.6 Å². The largest absolute Gasteiger partial charge is 0.313 e. The zero-order valence-electron chi connectivity index (χ0n) is 11.1. The highest BCUT2D eigenvalue weighted by atomic mass is 15.2. The van der Waals surface area contributed by atoms with E-state index in [4.69, 9.17) is 0 Å². The fourth-order valence-electron chi connectivity index (χ4n) is 2.45. The van der Waals surface area contributed by atoms with Crippen molar-refractivity contribution in [1.82, 2.24) is 10.2 Å². The van der Waals surface area contributed by atoms with Crippen LogP contribution in [0.1, 0.15) is 34.6 Å². The average molecular weight is 212 g/mol. The first kappa shape index (κ1) is 13.0. The van der Waals surface area contributed by atoms with Gasteiger partial charge in [-0.15, -0.1) is 0 Å². The molecule has 0 saturated carbocycles. The Hall–Kier alpha value is -0.0800. The summed E-state index contributed by atoms with van der Waals surface area (Å²) in [4.78, 5) is 2.63. The molecule has 90 valence electrons. The summed E-state index contributed by atoms with van der Waals surface area (Å²) in [5.41, 5.74) is 0. The van der Waals surface area contributed by atoms with Crippen LogP contribution in [0.5, 0.6) is 0 Å². The summed E-state index contributed by atoms with van der Waals surface area (Å²) >= 11 is 0. The van der Waals surface area contributed by atoms with Gasteiger partial charge in [0.05, 0.1) is 0 Å². The quantitative estimate of drug-likeness (QED) is 0.751. The molecule has 0 bridgehead atoms. The van der Waals surface area contributed by atoms with E-state index in [1.54, 1.807) is 0 Å². The first-order valence-electron chi connectivity index (χ1n) is 6.50. The Balaban J connectivity index is 2.38. The van der Waals surface area contributed by atoms with Crippen molar-refractivity contribution < 1.29 is 0 Å². The van der Waals surface area contributed by atoms with Crippen molar-refractivity contribution >= 4 is 0 Å². The first-order valence-corrected chi connectivity index (χ1v) is 6.50. The van der Waals surface area contributed by atoms with Gasteiger partial charge in [0.2, 0.25) is 0 Å². The molecule has 3 atom stereocenters. The molecular weight excluding hydrogens is 184 g/mol. The van der Waals surface area contributed by atoms with E-state index in [9.17, 15) is 0 Å². The lowest BCUT2D eigenvalue weighted by atomic mass is 10.0. The molecule has 1 N–H and O–H groups in total. The third-order valence-electron chi connectivity index (χ3n) is 3.79. The number of likely N-dealkylation sites (N-methyl/N-ethyl adjacent to an activating group) is 1. The van der Waals surface area contributed by atoms with Crippen molar-refractivity contribution in [2.45, 2.75) is 40.7 Å². The molecule has 0 aromatic heterocycles. The van der Waals surface area contributed by atoms with Crippen molar-refractivity contribution in [1.29, 1.82) is 0 Å². The molecule has 1 fully saturated rings. The number of hydrogen-bond acceptors (Lipinski definition) is 2. The summed E-state index contributed by atoms with van der Waals surface area (Å²) in [5, 5.41) is 3.60. The van der Waals surface area contributed by atoms with E-state index in [0.29, 0.717) is 6.04 Å². The topological polar surface area (TPSA) is 15.3 Å². The highest BCUT2D eigenvalue weighted by Crippen LogP contribution is 2.22. The van der Waals surface area contributed by atoms with Gasteiger partial charge in [0, 0.05) is 25.7 Å². The van der Waals surface area contributed by atoms with Gasteiger partial charge >= 0.3 is 0 Å². The Kier molecular flexibility index (Phi) is 5.07. The van der Waals surface area contributed by atoms with Crippen LogP contribution in [0.4, 0.5) is 0 Å². The average Bonchev–Trinajstić information content (AvgIpc) is 2.45. The van der Waals surface area contributed by atoms with Gasteiger partial charge in [-0.25, -0.2) is 0 Å². The van der Waals surface area contributed by atoms with Crippen LogP contribution in [0.3, 0.4) is 0 Å². The van der Waals surface area contributed by atoms with E-state index in [0.717, 1.165) is 24.3 Å². The Morgan fingerprint density at radius 3 is 2.13 bits per heavy atom. The minimum absolute atomic E-state index is 0.660. The van der Waals surface area contributed by atoms with Crippen molar-refractivity contribution in [3.63, 3.8) is 0 Å². The molecule has 0 aromatic rings. The van der Waals surface area contributed by atoms with E-state index >= 15 is 0 Å². The third-order valence-corrected chi connectivity index (χ3v) is 3.79. The molecule has 2 heteroatoms. The number of nitrogens with zero attached hydrogens (tertiary/aromatic N) is 1. The molecule has 0 aliphatic carbocycles. The predicted molar refractivity (Wildman–Crippen MR) is 67.1 cm³/mol. The molecule has 0 aromatic carbocycles. The van der Waals surface area contributed by atoms with Crippen molar-refractivity contribution in [3.05, 3.63) is 0 Å². The molecule has 1 aliphatic heterocycles. The Bertz CT molecular complexity index is 169. The van der Waals surface area contributed by atoms with Gasteiger partial charge in [0.25, 0.3) is 0 Å². The lowest BCUT2D eigenvalue weighted by Gasteiger charge is -2.27. The van der Waals surface area contributed by atoms with E-state index in [1.807, 2.05) is 0 Å². The van der Waals surface area contributed by atoms with Gasteiger partial charge in [0.1, 0.15) is 0 Å². The Morgan fingerprint density at radius 2 is 1.73 bits per heavy atom. The summed E-state index contributed by atoms with van der Waals surface area (Å²) in [6, 6.07) is 0.660. The third kappa shape index (κ3) is 3.76. The number of likely N-dealkylation sites (tertiary alicyclic amines) is 1. The molecule has 15 heavy (non-hydrogen) atoms. The van der Waals surface area contributed by atoms with Gasteiger partial charge in [-0.05, 0) is 24.3 Å². The second-order valence-corrected chi connectivity index (χ2v) is 5.58. The van der Waals surface area contributed by atoms with Crippen LogP contribution in [0, 0.1) is 17.8 Å². The molecule has 1 saturated heterocycles. The number of rotatable bonds is 5. The Labute approximate surface area is 95.4 Å². The first-order chi connectivity index (χ1) is 7.04. The second kappa shape index (κ2) is 5.86. The molecule has 0 radical (unpaired) electrons. The lowest BCUT2D eigenvalue weighted by Crippen LogP contribution is -2.43. The fourth-order valence-corrected chi connectivity index (χ4v) is 2.45. The Morgan fingerprint density at radius 1 is 1.20 bits per heavy atom. The summed E-state index contributed by atoms with van der Waals surface area (Å²) in [5.74, 6) is 2.48. The molecule has 2 nitrogen and oxygen atoms in total. The van der Waals surface area contributed by atoms with E-state index < -0.39 is 0 Å². The SMILES string of the molecule is CCNC(CN1CC(C)C(C)C1)C(C)C. The van der Waals surface area contributed by atoms with Crippen molar-refractivity contribution in [2.24, 2.45) is 17.8 Å². The minimum atomic E-state index is 0.660. The maximum Gasteiger partial charge on any atom is 0.0217 e. The van der Waals surface area contributed by atoms with Crippen LogP contribution in [-0.4, -0.2) is 37.1 Å². The van der Waals surface area contributed by atoms with Gasteiger partial charge in [-0.3, -0.25) is 0 Å². The van der Waals surface area contributed by atoms with Gasteiger partial charge in [0.15, 0.2) is 0 Å². The molecule has 0 spiro atoms. The molecule has 1 aliphatic rings. The fraction of sp³-hybridized carbons (Fsp3) is 1.00. The summed E-state index contributed by atoms with van der Waals surface area (Å²) in [7, 11) is 0. The smallest absolute Gasteiger partial charge is 0.0217 e. The van der Waals surface area contributed by atoms with Crippen molar-refractivity contribution in [3.8, 4) is 0 Å². The monoisotopic (exact) mass is 212 g/mol. The molecule has 1 rings (SSSR count). The van der Waals surface area contributed by atoms with Gasteiger partial charge < -0.3 is 10.2 Å². The van der Waals surface area contributed by atoms with Crippen LogP contribution in [0.15, 0.2) is 0 Å². The number of nitrogens with one attached hydrogen (secondary N) is 1. The molecule has 0 amide bonds. The van der Waals surface area contributed by atoms with E-state index in [-0.39, 0.29) is 0 Å². The second-order valence-electron chi connectivity index (χ2n) is 5.58. The van der Waals surface area contributed by atoms with E-state index in [2.05, 4.69) is 44.8 Å². The van der Waals surface area contributed by atoms with Crippen molar-refractivity contribution in [2.75, 3.05) is 26.2 Å². The maximum absolute atomic E-state index is 3.60. The van der Waals surface area contributed by atoms with Gasteiger partial charge in [-0.1, -0.05) is 34.6 Å². The zero-order valence-corrected chi connectivity index (χ0v) is 11.1. The maximum atomic E-state index is 3.60. The summed E-state index contributed by atoms with van der Waals surface area (Å²) < 4.78 is 0. The normalized spacial score (nSPS) is 30.0. The van der Waals surface area contributed by atoms with Crippen LogP contribution in [0.25, 0.3) is 0 Å².